The largest absolute Gasteiger partial charge is 0.466 e. The van der Waals surface area contributed by atoms with E-state index in [-0.39, 0.29) is 24.5 Å². The first-order valence-corrected chi connectivity index (χ1v) is 6.84. The maximum atomic E-state index is 13.2. The molecule has 0 unspecified atom stereocenters. The Bertz CT molecular complexity index is 715. The number of nitrogens with one attached hydrogen (secondary N) is 1. The highest BCUT2D eigenvalue weighted by molar-refractivity contribution is 9.10. The number of halogens is 2. The van der Waals surface area contributed by atoms with Gasteiger partial charge in [-0.1, -0.05) is 0 Å². The molecule has 1 heterocycles. The Balaban J connectivity index is 2.33. The van der Waals surface area contributed by atoms with Gasteiger partial charge in [-0.05, 0) is 35.0 Å². The van der Waals surface area contributed by atoms with E-state index in [4.69, 9.17) is 4.74 Å². The second-order valence-electron chi connectivity index (χ2n) is 4.10. The number of aromatic nitrogens is 2. The van der Waals surface area contributed by atoms with E-state index in [1.54, 1.807) is 6.92 Å². The van der Waals surface area contributed by atoms with Gasteiger partial charge in [0.15, 0.2) is 0 Å². The number of carbonyl (C=O) groups is 1. The van der Waals surface area contributed by atoms with Gasteiger partial charge in [0.1, 0.15) is 17.0 Å². The average molecular weight is 343 g/mol. The maximum absolute atomic E-state index is 13.2. The highest BCUT2D eigenvalue weighted by Crippen LogP contribution is 2.21. The zero-order chi connectivity index (χ0) is 14.7. The van der Waals surface area contributed by atoms with Gasteiger partial charge in [-0.3, -0.25) is 9.59 Å². The third-order valence-corrected chi connectivity index (χ3v) is 3.26. The number of ether oxygens (including phenoxy) is 1. The first kappa shape index (κ1) is 14.6. The van der Waals surface area contributed by atoms with Crippen molar-refractivity contribution in [2.24, 2.45) is 0 Å². The smallest absolute Gasteiger partial charge is 0.306 e. The molecule has 0 atom stereocenters. The van der Waals surface area contributed by atoms with Crippen molar-refractivity contribution in [1.82, 2.24) is 9.97 Å². The van der Waals surface area contributed by atoms with Crippen LogP contribution in [0.3, 0.4) is 0 Å². The molecule has 0 aliphatic rings. The molecule has 106 valence electrons. The van der Waals surface area contributed by atoms with E-state index in [1.807, 2.05) is 0 Å². The summed E-state index contributed by atoms with van der Waals surface area (Å²) in [5.74, 6) is -0.854. The number of rotatable bonds is 4. The van der Waals surface area contributed by atoms with Gasteiger partial charge < -0.3 is 9.72 Å². The molecule has 0 saturated carbocycles. The second kappa shape index (κ2) is 6.13. The SMILES string of the molecule is CCOC(=O)CCc1nc2c(Br)cc(F)cc2[nH]c1=O. The lowest BCUT2D eigenvalue weighted by Gasteiger charge is -2.04. The van der Waals surface area contributed by atoms with Crippen molar-refractivity contribution >= 4 is 32.9 Å². The molecule has 0 amide bonds. The first-order valence-electron chi connectivity index (χ1n) is 6.05. The summed E-state index contributed by atoms with van der Waals surface area (Å²) < 4.78 is 18.5. The molecule has 0 radical (unpaired) electrons. The molecule has 1 aromatic carbocycles. The molecule has 0 fully saturated rings. The fourth-order valence-electron chi connectivity index (χ4n) is 1.78. The Hall–Kier alpha value is -1.76. The molecule has 2 aromatic rings. The zero-order valence-corrected chi connectivity index (χ0v) is 12.3. The van der Waals surface area contributed by atoms with Crippen molar-refractivity contribution in [3.8, 4) is 0 Å². The Morgan fingerprint density at radius 3 is 2.95 bits per heavy atom. The van der Waals surface area contributed by atoms with Gasteiger partial charge in [0.05, 0.1) is 18.5 Å². The molecule has 0 spiro atoms. The standard InChI is InChI=1S/C13H12BrFN2O3/c1-2-20-11(18)4-3-9-13(19)17-10-6-7(15)5-8(14)12(10)16-9/h5-6H,2-4H2,1H3,(H,17,19). The molecule has 7 heteroatoms. The van der Waals surface area contributed by atoms with E-state index in [0.29, 0.717) is 22.1 Å². The van der Waals surface area contributed by atoms with Gasteiger partial charge in [-0.25, -0.2) is 9.37 Å². The van der Waals surface area contributed by atoms with Gasteiger partial charge in [0.25, 0.3) is 5.56 Å². The van der Waals surface area contributed by atoms with Crippen molar-refractivity contribution in [2.75, 3.05) is 6.61 Å². The fourth-order valence-corrected chi connectivity index (χ4v) is 2.30. The summed E-state index contributed by atoms with van der Waals surface area (Å²) in [6.07, 6.45) is 0.252. The van der Waals surface area contributed by atoms with E-state index in [0.717, 1.165) is 0 Å². The number of nitrogens with zero attached hydrogens (tertiary/aromatic N) is 1. The molecule has 0 aliphatic heterocycles. The summed E-state index contributed by atoms with van der Waals surface area (Å²) in [6.45, 7) is 2.01. The number of hydrogen-bond donors (Lipinski definition) is 1. The summed E-state index contributed by atoms with van der Waals surface area (Å²) in [5, 5.41) is 0. The van der Waals surface area contributed by atoms with Crippen LogP contribution in [0.25, 0.3) is 11.0 Å². The van der Waals surface area contributed by atoms with Crippen LogP contribution in [0.4, 0.5) is 4.39 Å². The first-order chi connectivity index (χ1) is 9.51. The quantitative estimate of drug-likeness (QED) is 0.865. The molecule has 20 heavy (non-hydrogen) atoms. The van der Waals surface area contributed by atoms with E-state index in [9.17, 15) is 14.0 Å². The topological polar surface area (TPSA) is 72.0 Å². The van der Waals surface area contributed by atoms with Crippen LogP contribution in [-0.4, -0.2) is 22.5 Å². The van der Waals surface area contributed by atoms with Gasteiger partial charge in [-0.2, -0.15) is 0 Å². The molecule has 5 nitrogen and oxygen atoms in total. The highest BCUT2D eigenvalue weighted by atomic mass is 79.9. The molecule has 2 rings (SSSR count). The van der Waals surface area contributed by atoms with Crippen molar-refractivity contribution in [2.45, 2.75) is 19.8 Å². The van der Waals surface area contributed by atoms with E-state index in [2.05, 4.69) is 25.9 Å². The number of esters is 1. The molecule has 0 saturated heterocycles. The minimum atomic E-state index is -0.471. The number of aromatic amines is 1. The molecular formula is C13H12BrFN2O3. The van der Waals surface area contributed by atoms with Gasteiger partial charge >= 0.3 is 5.97 Å². The summed E-state index contributed by atoms with van der Waals surface area (Å²) in [4.78, 5) is 29.8. The molecule has 0 bridgehead atoms. The summed E-state index contributed by atoms with van der Waals surface area (Å²) >= 11 is 3.20. The molecule has 0 aliphatic carbocycles. The van der Waals surface area contributed by atoms with E-state index >= 15 is 0 Å². The Labute approximate surface area is 122 Å². The lowest BCUT2D eigenvalue weighted by Crippen LogP contribution is -2.17. The predicted molar refractivity (Wildman–Crippen MR) is 75.0 cm³/mol. The summed E-state index contributed by atoms with van der Waals surface area (Å²) in [7, 11) is 0. The van der Waals surface area contributed by atoms with Crippen LogP contribution in [0.1, 0.15) is 19.0 Å². The third kappa shape index (κ3) is 3.22. The Morgan fingerprint density at radius 1 is 1.50 bits per heavy atom. The van der Waals surface area contributed by atoms with Crippen LogP contribution in [0, 0.1) is 5.82 Å². The molecule has 1 N–H and O–H groups in total. The normalized spacial score (nSPS) is 10.8. The van der Waals surface area contributed by atoms with Crippen molar-refractivity contribution in [3.05, 3.63) is 38.5 Å². The lowest BCUT2D eigenvalue weighted by molar-refractivity contribution is -0.143. The van der Waals surface area contributed by atoms with Crippen molar-refractivity contribution < 1.29 is 13.9 Å². The lowest BCUT2D eigenvalue weighted by atomic mass is 10.2. The monoisotopic (exact) mass is 342 g/mol. The van der Waals surface area contributed by atoms with E-state index < -0.39 is 11.4 Å². The maximum Gasteiger partial charge on any atom is 0.306 e. The summed E-state index contributed by atoms with van der Waals surface area (Å²) in [6, 6.07) is 2.46. The number of carbonyl (C=O) groups excluding carboxylic acids is 1. The Morgan fingerprint density at radius 2 is 2.25 bits per heavy atom. The number of H-pyrrole nitrogens is 1. The van der Waals surface area contributed by atoms with Crippen molar-refractivity contribution in [3.63, 3.8) is 0 Å². The Kier molecular flexibility index (Phi) is 4.49. The molecule has 1 aromatic heterocycles. The average Bonchev–Trinajstić information content (AvgIpc) is 2.36. The third-order valence-electron chi connectivity index (χ3n) is 2.66. The second-order valence-corrected chi connectivity index (χ2v) is 4.96. The van der Waals surface area contributed by atoms with Crippen LogP contribution in [0.15, 0.2) is 21.4 Å². The fraction of sp³-hybridized carbons (Fsp3) is 0.308. The van der Waals surface area contributed by atoms with Crippen molar-refractivity contribution in [1.29, 1.82) is 0 Å². The van der Waals surface area contributed by atoms with Gasteiger partial charge in [0, 0.05) is 10.9 Å². The minimum Gasteiger partial charge on any atom is -0.466 e. The summed E-state index contributed by atoms with van der Waals surface area (Å²) in [5.41, 5.74) is 0.545. The number of benzene rings is 1. The predicted octanol–water partition coefficient (Wildman–Crippen LogP) is 2.32. The minimum absolute atomic E-state index is 0.0776. The van der Waals surface area contributed by atoms with E-state index in [1.165, 1.54) is 12.1 Å². The van der Waals surface area contributed by atoms with Gasteiger partial charge in [0.2, 0.25) is 0 Å². The van der Waals surface area contributed by atoms with Crippen LogP contribution in [-0.2, 0) is 16.0 Å². The van der Waals surface area contributed by atoms with Crippen LogP contribution < -0.4 is 5.56 Å². The molecular weight excluding hydrogens is 331 g/mol. The van der Waals surface area contributed by atoms with Crippen LogP contribution >= 0.6 is 15.9 Å². The number of aryl methyl sites for hydroxylation is 1. The van der Waals surface area contributed by atoms with Crippen LogP contribution in [0.5, 0.6) is 0 Å². The zero-order valence-electron chi connectivity index (χ0n) is 10.7. The number of hydrogen-bond acceptors (Lipinski definition) is 4. The van der Waals surface area contributed by atoms with Crippen LogP contribution in [0.2, 0.25) is 0 Å². The van der Waals surface area contributed by atoms with Gasteiger partial charge in [-0.15, -0.1) is 0 Å². The highest BCUT2D eigenvalue weighted by Gasteiger charge is 2.11. The number of fused-ring (bicyclic) bond motifs is 1.